The van der Waals surface area contributed by atoms with Gasteiger partial charge in [-0.15, -0.1) is 0 Å². The van der Waals surface area contributed by atoms with Gasteiger partial charge in [0.05, 0.1) is 6.20 Å². The number of fused-ring (bicyclic) bond motifs is 3. The second-order valence-corrected chi connectivity index (χ2v) is 6.54. The van der Waals surface area contributed by atoms with E-state index < -0.39 is 0 Å². The Morgan fingerprint density at radius 3 is 2.78 bits per heavy atom. The number of nitriles is 1. The van der Waals surface area contributed by atoms with E-state index in [1.807, 2.05) is 4.52 Å². The predicted molar refractivity (Wildman–Crippen MR) is 90.0 cm³/mol. The van der Waals surface area contributed by atoms with Crippen molar-refractivity contribution in [3.8, 4) is 6.07 Å². The van der Waals surface area contributed by atoms with Crippen LogP contribution >= 0.6 is 0 Å². The highest BCUT2D eigenvalue weighted by molar-refractivity contribution is 5.72. The Hall–Kier alpha value is -2.29. The molecule has 120 valence electrons. The molecule has 0 amide bonds. The summed E-state index contributed by atoms with van der Waals surface area (Å²) in [5, 5.41) is 13.8. The van der Waals surface area contributed by atoms with Crippen LogP contribution in [-0.2, 0) is 6.42 Å². The highest BCUT2D eigenvalue weighted by Gasteiger charge is 2.32. The standard InChI is InChI=1S/C17H22N6/c1-3-12(2)22-9-6-14-16(21-7-4-5-8-21)20-15-13(10-18)11-19-23(15)17(14)22/h11-12H,3-9H2,1-2H3. The smallest absolute Gasteiger partial charge is 0.177 e. The number of anilines is 2. The van der Waals surface area contributed by atoms with Crippen LogP contribution in [0.4, 0.5) is 11.6 Å². The number of hydrogen-bond acceptors (Lipinski definition) is 5. The predicted octanol–water partition coefficient (Wildman–Crippen LogP) is 2.36. The molecule has 0 radical (unpaired) electrons. The molecule has 6 heteroatoms. The third-order valence-electron chi connectivity index (χ3n) is 5.22. The van der Waals surface area contributed by atoms with E-state index in [1.54, 1.807) is 6.20 Å². The number of hydrogen-bond donors (Lipinski definition) is 0. The zero-order valence-corrected chi connectivity index (χ0v) is 13.8. The molecule has 2 aliphatic heterocycles. The third-order valence-corrected chi connectivity index (χ3v) is 5.22. The first-order valence-electron chi connectivity index (χ1n) is 8.57. The summed E-state index contributed by atoms with van der Waals surface area (Å²) in [6.07, 6.45) is 6.19. The van der Waals surface area contributed by atoms with E-state index in [1.165, 1.54) is 18.4 Å². The van der Waals surface area contributed by atoms with E-state index in [-0.39, 0.29) is 0 Å². The Morgan fingerprint density at radius 2 is 2.09 bits per heavy atom. The van der Waals surface area contributed by atoms with E-state index in [0.29, 0.717) is 17.3 Å². The molecule has 0 saturated carbocycles. The van der Waals surface area contributed by atoms with Gasteiger partial charge in [-0.25, -0.2) is 4.98 Å². The zero-order valence-electron chi connectivity index (χ0n) is 13.8. The van der Waals surface area contributed by atoms with Crippen LogP contribution in [0, 0.1) is 11.3 Å². The third kappa shape index (κ3) is 2.07. The van der Waals surface area contributed by atoms with Crippen molar-refractivity contribution in [2.45, 2.75) is 45.6 Å². The molecule has 0 aliphatic carbocycles. The van der Waals surface area contributed by atoms with Crippen molar-refractivity contribution in [3.63, 3.8) is 0 Å². The van der Waals surface area contributed by atoms with Gasteiger partial charge in [0.25, 0.3) is 0 Å². The van der Waals surface area contributed by atoms with Crippen LogP contribution in [0.15, 0.2) is 6.20 Å². The van der Waals surface area contributed by atoms with Gasteiger partial charge in [0.2, 0.25) is 0 Å². The Labute approximate surface area is 136 Å². The first-order chi connectivity index (χ1) is 11.2. The molecule has 1 fully saturated rings. The second kappa shape index (κ2) is 5.41. The topological polar surface area (TPSA) is 60.5 Å². The molecule has 0 spiro atoms. The Morgan fingerprint density at radius 1 is 1.30 bits per heavy atom. The largest absolute Gasteiger partial charge is 0.356 e. The molecule has 2 aliphatic rings. The molecule has 0 aromatic carbocycles. The highest BCUT2D eigenvalue weighted by atomic mass is 15.4. The van der Waals surface area contributed by atoms with Crippen LogP contribution in [0.5, 0.6) is 0 Å². The van der Waals surface area contributed by atoms with Gasteiger partial charge in [-0.05, 0) is 32.6 Å². The number of nitrogens with zero attached hydrogens (tertiary/aromatic N) is 6. The minimum Gasteiger partial charge on any atom is -0.356 e. The van der Waals surface area contributed by atoms with Crippen molar-refractivity contribution in [2.24, 2.45) is 0 Å². The quantitative estimate of drug-likeness (QED) is 0.871. The lowest BCUT2D eigenvalue weighted by atomic mass is 10.2. The summed E-state index contributed by atoms with van der Waals surface area (Å²) in [7, 11) is 0. The lowest BCUT2D eigenvalue weighted by Crippen LogP contribution is -2.32. The van der Waals surface area contributed by atoms with E-state index in [9.17, 15) is 5.26 Å². The molecule has 0 N–H and O–H groups in total. The fraction of sp³-hybridized carbons (Fsp3) is 0.588. The van der Waals surface area contributed by atoms with Crippen molar-refractivity contribution < 1.29 is 0 Å². The summed E-state index contributed by atoms with van der Waals surface area (Å²) >= 11 is 0. The molecule has 23 heavy (non-hydrogen) atoms. The van der Waals surface area contributed by atoms with Crippen molar-refractivity contribution in [1.82, 2.24) is 14.6 Å². The molecule has 1 atom stereocenters. The fourth-order valence-corrected chi connectivity index (χ4v) is 3.78. The molecular formula is C17H22N6. The summed E-state index contributed by atoms with van der Waals surface area (Å²) < 4.78 is 1.88. The zero-order chi connectivity index (χ0) is 16.0. The molecule has 1 saturated heterocycles. The Balaban J connectivity index is 1.96. The lowest BCUT2D eigenvalue weighted by Gasteiger charge is -2.27. The van der Waals surface area contributed by atoms with Crippen LogP contribution in [0.3, 0.4) is 0 Å². The van der Waals surface area contributed by atoms with Gasteiger partial charge >= 0.3 is 0 Å². The molecular weight excluding hydrogens is 288 g/mol. The number of rotatable bonds is 3. The fourth-order valence-electron chi connectivity index (χ4n) is 3.78. The van der Waals surface area contributed by atoms with Gasteiger partial charge in [0.1, 0.15) is 23.3 Å². The monoisotopic (exact) mass is 310 g/mol. The molecule has 4 rings (SSSR count). The van der Waals surface area contributed by atoms with Crippen LogP contribution in [0.2, 0.25) is 0 Å². The first kappa shape index (κ1) is 14.3. The Bertz CT molecular complexity index is 780. The molecule has 0 bridgehead atoms. The molecule has 6 nitrogen and oxygen atoms in total. The highest BCUT2D eigenvalue weighted by Crippen LogP contribution is 2.38. The van der Waals surface area contributed by atoms with E-state index >= 15 is 0 Å². The van der Waals surface area contributed by atoms with Crippen LogP contribution < -0.4 is 9.80 Å². The van der Waals surface area contributed by atoms with Crippen molar-refractivity contribution in [3.05, 3.63) is 17.3 Å². The second-order valence-electron chi connectivity index (χ2n) is 6.54. The summed E-state index contributed by atoms with van der Waals surface area (Å²) in [4.78, 5) is 9.67. The van der Waals surface area contributed by atoms with Crippen LogP contribution in [0.25, 0.3) is 5.65 Å². The Kier molecular flexibility index (Phi) is 3.37. The minimum absolute atomic E-state index is 0.461. The maximum absolute atomic E-state index is 9.38. The molecule has 1 unspecified atom stereocenters. The first-order valence-corrected chi connectivity index (χ1v) is 8.57. The van der Waals surface area contributed by atoms with E-state index in [0.717, 1.165) is 44.1 Å². The average molecular weight is 310 g/mol. The van der Waals surface area contributed by atoms with Crippen LogP contribution in [-0.4, -0.2) is 40.3 Å². The van der Waals surface area contributed by atoms with Crippen molar-refractivity contribution in [2.75, 3.05) is 29.4 Å². The molecule has 2 aromatic rings. The van der Waals surface area contributed by atoms with Gasteiger partial charge in [0, 0.05) is 31.2 Å². The summed E-state index contributed by atoms with van der Waals surface area (Å²) in [6.45, 7) is 7.61. The molecule has 4 heterocycles. The maximum atomic E-state index is 9.38. The van der Waals surface area contributed by atoms with Crippen molar-refractivity contribution >= 4 is 17.3 Å². The van der Waals surface area contributed by atoms with Crippen LogP contribution in [0.1, 0.15) is 44.2 Å². The lowest BCUT2D eigenvalue weighted by molar-refractivity contribution is 0.623. The maximum Gasteiger partial charge on any atom is 0.177 e. The van der Waals surface area contributed by atoms with Gasteiger partial charge in [0.15, 0.2) is 5.65 Å². The van der Waals surface area contributed by atoms with Gasteiger partial charge in [-0.1, -0.05) is 6.92 Å². The summed E-state index contributed by atoms with van der Waals surface area (Å²) in [5.41, 5.74) is 2.56. The van der Waals surface area contributed by atoms with E-state index in [2.05, 4.69) is 34.8 Å². The SMILES string of the molecule is CCC(C)N1CCc2c(N3CCCC3)nc3c(C#N)cnn3c21. The average Bonchev–Trinajstić information content (AvgIpc) is 3.30. The minimum atomic E-state index is 0.461. The van der Waals surface area contributed by atoms with E-state index in [4.69, 9.17) is 4.98 Å². The van der Waals surface area contributed by atoms with Gasteiger partial charge in [-0.3, -0.25) is 0 Å². The number of aromatic nitrogens is 3. The normalized spacial score (nSPS) is 18.5. The van der Waals surface area contributed by atoms with Crippen molar-refractivity contribution in [1.29, 1.82) is 5.26 Å². The summed E-state index contributed by atoms with van der Waals surface area (Å²) in [5.74, 6) is 2.22. The molecule has 2 aromatic heterocycles. The van der Waals surface area contributed by atoms with Gasteiger partial charge in [-0.2, -0.15) is 14.9 Å². The summed E-state index contributed by atoms with van der Waals surface area (Å²) in [6, 6.07) is 2.70. The van der Waals surface area contributed by atoms with Gasteiger partial charge < -0.3 is 9.80 Å².